The van der Waals surface area contributed by atoms with Gasteiger partial charge in [0.15, 0.2) is 11.6 Å². The van der Waals surface area contributed by atoms with Crippen molar-refractivity contribution in [2.45, 2.75) is 6.54 Å². The zero-order chi connectivity index (χ0) is 19.6. The van der Waals surface area contributed by atoms with Gasteiger partial charge in [-0.2, -0.15) is 0 Å². The SMILES string of the molecule is COCCN(C)CCOc1ccc(CN(C)c2cccc(OC)c2)cc1F. The maximum Gasteiger partial charge on any atom is 0.165 e. The van der Waals surface area contributed by atoms with Gasteiger partial charge in [0.05, 0.1) is 13.7 Å². The van der Waals surface area contributed by atoms with Crippen molar-refractivity contribution in [3.8, 4) is 11.5 Å². The summed E-state index contributed by atoms with van der Waals surface area (Å²) in [6.07, 6.45) is 0. The lowest BCUT2D eigenvalue weighted by atomic mass is 10.2. The second kappa shape index (κ2) is 10.7. The molecule has 2 aromatic carbocycles. The summed E-state index contributed by atoms with van der Waals surface area (Å²) in [7, 11) is 7.26. The van der Waals surface area contributed by atoms with Gasteiger partial charge in [-0.3, -0.25) is 0 Å². The van der Waals surface area contributed by atoms with Crippen LogP contribution in [0.2, 0.25) is 0 Å². The smallest absolute Gasteiger partial charge is 0.165 e. The van der Waals surface area contributed by atoms with E-state index in [9.17, 15) is 4.39 Å². The van der Waals surface area contributed by atoms with E-state index in [0.29, 0.717) is 26.3 Å². The van der Waals surface area contributed by atoms with Gasteiger partial charge in [0, 0.05) is 45.5 Å². The van der Waals surface area contributed by atoms with Crippen LogP contribution in [0.25, 0.3) is 0 Å². The summed E-state index contributed by atoms with van der Waals surface area (Å²) in [6, 6.07) is 12.9. The van der Waals surface area contributed by atoms with Gasteiger partial charge >= 0.3 is 0 Å². The van der Waals surface area contributed by atoms with E-state index in [1.807, 2.05) is 49.3 Å². The number of benzene rings is 2. The lowest BCUT2D eigenvalue weighted by molar-refractivity contribution is 0.149. The van der Waals surface area contributed by atoms with Crippen molar-refractivity contribution in [3.05, 3.63) is 53.8 Å². The molecule has 27 heavy (non-hydrogen) atoms. The van der Waals surface area contributed by atoms with E-state index in [-0.39, 0.29) is 11.6 Å². The minimum atomic E-state index is -0.342. The summed E-state index contributed by atoms with van der Waals surface area (Å²) in [4.78, 5) is 4.13. The van der Waals surface area contributed by atoms with Crippen molar-refractivity contribution < 1.29 is 18.6 Å². The van der Waals surface area contributed by atoms with Crippen molar-refractivity contribution in [3.63, 3.8) is 0 Å². The highest BCUT2D eigenvalue weighted by Gasteiger charge is 2.09. The molecule has 0 fully saturated rings. The molecule has 2 rings (SSSR count). The lowest BCUT2D eigenvalue weighted by Gasteiger charge is -2.20. The number of halogens is 1. The lowest BCUT2D eigenvalue weighted by Crippen LogP contribution is -2.27. The van der Waals surface area contributed by atoms with Crippen LogP contribution in [0.1, 0.15) is 5.56 Å². The first-order chi connectivity index (χ1) is 13.0. The monoisotopic (exact) mass is 376 g/mol. The number of hydrogen-bond donors (Lipinski definition) is 0. The van der Waals surface area contributed by atoms with E-state index in [4.69, 9.17) is 14.2 Å². The number of methoxy groups -OCH3 is 2. The zero-order valence-corrected chi connectivity index (χ0v) is 16.6. The molecule has 0 spiro atoms. The Morgan fingerprint density at radius 1 is 0.963 bits per heavy atom. The fraction of sp³-hybridized carbons (Fsp3) is 0.429. The average Bonchev–Trinajstić information content (AvgIpc) is 2.68. The molecule has 0 radical (unpaired) electrons. The highest BCUT2D eigenvalue weighted by molar-refractivity contribution is 5.50. The molecule has 0 aromatic heterocycles. The van der Waals surface area contributed by atoms with E-state index >= 15 is 0 Å². The van der Waals surface area contributed by atoms with Gasteiger partial charge < -0.3 is 24.0 Å². The summed E-state index contributed by atoms with van der Waals surface area (Å²) in [5.41, 5.74) is 1.89. The quantitative estimate of drug-likeness (QED) is 0.600. The molecule has 0 aliphatic carbocycles. The molecule has 0 saturated carbocycles. The van der Waals surface area contributed by atoms with Crippen LogP contribution in [0, 0.1) is 5.82 Å². The van der Waals surface area contributed by atoms with E-state index < -0.39 is 0 Å². The Bertz CT molecular complexity index is 712. The molecule has 0 N–H and O–H groups in total. The van der Waals surface area contributed by atoms with Gasteiger partial charge in [-0.25, -0.2) is 4.39 Å². The Kier molecular flexibility index (Phi) is 8.36. The number of nitrogens with zero attached hydrogens (tertiary/aromatic N) is 2. The molecular formula is C21H29FN2O3. The number of hydrogen-bond acceptors (Lipinski definition) is 5. The molecule has 2 aromatic rings. The molecule has 0 unspecified atom stereocenters. The summed E-state index contributed by atoms with van der Waals surface area (Å²) in [5.74, 6) is 0.735. The van der Waals surface area contributed by atoms with Crippen molar-refractivity contribution in [1.82, 2.24) is 4.90 Å². The van der Waals surface area contributed by atoms with E-state index in [1.165, 1.54) is 6.07 Å². The first-order valence-electron chi connectivity index (χ1n) is 8.97. The second-order valence-corrected chi connectivity index (χ2v) is 6.47. The third kappa shape index (κ3) is 6.73. The Labute approximate surface area is 161 Å². The molecule has 148 valence electrons. The summed E-state index contributed by atoms with van der Waals surface area (Å²) < 4.78 is 30.2. The molecule has 0 heterocycles. The molecule has 0 saturated heterocycles. The number of anilines is 1. The van der Waals surface area contributed by atoms with Crippen LogP contribution in [-0.4, -0.2) is 59.5 Å². The first-order valence-corrected chi connectivity index (χ1v) is 8.97. The van der Waals surface area contributed by atoms with Crippen LogP contribution in [0.3, 0.4) is 0 Å². The largest absolute Gasteiger partial charge is 0.497 e. The van der Waals surface area contributed by atoms with E-state index in [0.717, 1.165) is 23.5 Å². The molecular weight excluding hydrogens is 347 g/mol. The van der Waals surface area contributed by atoms with Crippen molar-refractivity contribution in [1.29, 1.82) is 0 Å². The fourth-order valence-corrected chi connectivity index (χ4v) is 2.64. The predicted molar refractivity (Wildman–Crippen MR) is 106 cm³/mol. The van der Waals surface area contributed by atoms with E-state index in [2.05, 4.69) is 4.90 Å². The maximum atomic E-state index is 14.4. The van der Waals surface area contributed by atoms with Gasteiger partial charge in [0.2, 0.25) is 0 Å². The number of likely N-dealkylation sites (N-methyl/N-ethyl adjacent to an activating group) is 1. The third-order valence-corrected chi connectivity index (χ3v) is 4.32. The van der Waals surface area contributed by atoms with Crippen LogP contribution >= 0.6 is 0 Å². The molecule has 0 atom stereocenters. The molecule has 0 amide bonds. The summed E-state index contributed by atoms with van der Waals surface area (Å²) >= 11 is 0. The second-order valence-electron chi connectivity index (χ2n) is 6.47. The number of ether oxygens (including phenoxy) is 3. The molecule has 0 aliphatic rings. The predicted octanol–water partition coefficient (Wildman–Crippen LogP) is 3.43. The topological polar surface area (TPSA) is 34.2 Å². The molecule has 0 aliphatic heterocycles. The van der Waals surface area contributed by atoms with Crippen LogP contribution in [0.4, 0.5) is 10.1 Å². The highest BCUT2D eigenvalue weighted by Crippen LogP contribution is 2.23. The number of rotatable bonds is 11. The Balaban J connectivity index is 1.89. The minimum absolute atomic E-state index is 0.280. The molecule has 6 heteroatoms. The standard InChI is InChI=1S/C21H29FN2O3/c1-23(10-12-25-3)11-13-27-21-9-8-17(14-20(21)22)16-24(2)18-6-5-7-19(15-18)26-4/h5-9,14-15H,10-13,16H2,1-4H3. The Morgan fingerprint density at radius 3 is 2.44 bits per heavy atom. The van der Waals surface area contributed by atoms with Gasteiger partial charge in [0.25, 0.3) is 0 Å². The van der Waals surface area contributed by atoms with Crippen LogP contribution < -0.4 is 14.4 Å². The first kappa shape index (κ1) is 21.0. The third-order valence-electron chi connectivity index (χ3n) is 4.32. The van der Waals surface area contributed by atoms with Gasteiger partial charge in [-0.1, -0.05) is 12.1 Å². The Morgan fingerprint density at radius 2 is 1.74 bits per heavy atom. The van der Waals surface area contributed by atoms with Gasteiger partial charge in [-0.15, -0.1) is 0 Å². The fourth-order valence-electron chi connectivity index (χ4n) is 2.64. The molecule has 0 bridgehead atoms. The van der Waals surface area contributed by atoms with Crippen molar-refractivity contribution in [2.24, 2.45) is 0 Å². The Hall–Kier alpha value is -2.31. The summed E-state index contributed by atoms with van der Waals surface area (Å²) in [5, 5.41) is 0. The average molecular weight is 376 g/mol. The van der Waals surface area contributed by atoms with Gasteiger partial charge in [0.1, 0.15) is 12.4 Å². The highest BCUT2D eigenvalue weighted by atomic mass is 19.1. The van der Waals surface area contributed by atoms with Gasteiger partial charge in [-0.05, 0) is 36.9 Å². The van der Waals surface area contributed by atoms with Crippen molar-refractivity contribution in [2.75, 3.05) is 59.5 Å². The summed E-state index contributed by atoms with van der Waals surface area (Å²) in [6.45, 7) is 3.21. The van der Waals surface area contributed by atoms with Crippen LogP contribution in [0.5, 0.6) is 11.5 Å². The van der Waals surface area contributed by atoms with E-state index in [1.54, 1.807) is 20.3 Å². The maximum absolute atomic E-state index is 14.4. The zero-order valence-electron chi connectivity index (χ0n) is 16.6. The van der Waals surface area contributed by atoms with Crippen molar-refractivity contribution >= 4 is 5.69 Å². The molecule has 5 nitrogen and oxygen atoms in total. The normalized spacial score (nSPS) is 10.9. The van der Waals surface area contributed by atoms with Crippen LogP contribution in [-0.2, 0) is 11.3 Å². The van der Waals surface area contributed by atoms with Crippen LogP contribution in [0.15, 0.2) is 42.5 Å². The minimum Gasteiger partial charge on any atom is -0.497 e.